The highest BCUT2D eigenvalue weighted by Gasteiger charge is 2.22. The van der Waals surface area contributed by atoms with Crippen molar-refractivity contribution in [3.05, 3.63) is 59.7 Å². The van der Waals surface area contributed by atoms with Crippen molar-refractivity contribution in [2.75, 3.05) is 30.9 Å². The Balaban J connectivity index is 1.30. The number of hydrogen-bond donors (Lipinski definition) is 2. The van der Waals surface area contributed by atoms with Crippen LogP contribution >= 0.6 is 0 Å². The molecule has 6 nitrogen and oxygen atoms in total. The summed E-state index contributed by atoms with van der Waals surface area (Å²) in [5, 5.41) is 17.4. The third-order valence-corrected chi connectivity index (χ3v) is 6.07. The highest BCUT2D eigenvalue weighted by atomic mass is 15.2. The highest BCUT2D eigenvalue weighted by Crippen LogP contribution is 2.28. The summed E-state index contributed by atoms with van der Waals surface area (Å²) in [6, 6.07) is 18.7. The first-order valence-corrected chi connectivity index (χ1v) is 11.0. The number of para-hydroxylation sites is 1. The van der Waals surface area contributed by atoms with E-state index in [1.807, 2.05) is 61.5 Å². The maximum absolute atomic E-state index is 9.23. The van der Waals surface area contributed by atoms with Gasteiger partial charge in [-0.15, -0.1) is 0 Å². The molecule has 6 heteroatoms. The van der Waals surface area contributed by atoms with Gasteiger partial charge in [-0.05, 0) is 61.9 Å². The molecule has 0 saturated heterocycles. The number of rotatable bonds is 7. The van der Waals surface area contributed by atoms with Crippen molar-refractivity contribution in [1.29, 1.82) is 5.26 Å². The summed E-state index contributed by atoms with van der Waals surface area (Å²) in [4.78, 5) is 11.6. The van der Waals surface area contributed by atoms with Crippen molar-refractivity contribution in [1.82, 2.24) is 15.3 Å². The van der Waals surface area contributed by atoms with Crippen molar-refractivity contribution in [2.45, 2.75) is 38.3 Å². The van der Waals surface area contributed by atoms with E-state index in [2.05, 4.69) is 22.8 Å². The van der Waals surface area contributed by atoms with Crippen molar-refractivity contribution in [2.24, 2.45) is 5.92 Å². The molecule has 1 aliphatic carbocycles. The van der Waals surface area contributed by atoms with E-state index in [0.29, 0.717) is 12.0 Å². The van der Waals surface area contributed by atoms with E-state index < -0.39 is 0 Å². The maximum atomic E-state index is 9.23. The Morgan fingerprint density at radius 1 is 1.00 bits per heavy atom. The summed E-state index contributed by atoms with van der Waals surface area (Å²) < 4.78 is 0. The minimum atomic E-state index is 0.409. The van der Waals surface area contributed by atoms with Gasteiger partial charge in [-0.1, -0.05) is 30.3 Å². The van der Waals surface area contributed by atoms with Crippen LogP contribution in [0.3, 0.4) is 0 Å². The van der Waals surface area contributed by atoms with E-state index in [0.717, 1.165) is 59.7 Å². The lowest BCUT2D eigenvalue weighted by Gasteiger charge is -2.29. The van der Waals surface area contributed by atoms with Gasteiger partial charge >= 0.3 is 0 Å². The van der Waals surface area contributed by atoms with Gasteiger partial charge in [0, 0.05) is 32.1 Å². The second-order valence-corrected chi connectivity index (χ2v) is 8.54. The summed E-state index contributed by atoms with van der Waals surface area (Å²) in [6.07, 6.45) is 4.60. The van der Waals surface area contributed by atoms with Crippen LogP contribution in [-0.2, 0) is 6.54 Å². The van der Waals surface area contributed by atoms with Gasteiger partial charge in [0.1, 0.15) is 5.82 Å². The standard InChI is InChI=1S/C25H30N6/c1-31(2)24-22-9-5-6-10-23(22)29-25(30-24)28-21-13-11-18(12-14-21)16-27-17-20-8-4-3-7-19(20)15-26/h3-10,18,21,27H,11-14,16-17H2,1-2H3,(H,28,29,30)/t18-,21+. The lowest BCUT2D eigenvalue weighted by molar-refractivity contribution is 0.324. The predicted molar refractivity (Wildman–Crippen MR) is 126 cm³/mol. The third-order valence-electron chi connectivity index (χ3n) is 6.07. The molecule has 0 spiro atoms. The highest BCUT2D eigenvalue weighted by molar-refractivity contribution is 5.90. The molecule has 160 valence electrons. The van der Waals surface area contributed by atoms with Crippen molar-refractivity contribution in [3.8, 4) is 6.07 Å². The molecule has 0 atom stereocenters. The van der Waals surface area contributed by atoms with E-state index in [4.69, 9.17) is 9.97 Å². The summed E-state index contributed by atoms with van der Waals surface area (Å²) in [6.45, 7) is 1.74. The third kappa shape index (κ3) is 5.12. The van der Waals surface area contributed by atoms with E-state index in [1.54, 1.807) is 0 Å². The van der Waals surface area contributed by atoms with Crippen LogP contribution in [0.2, 0.25) is 0 Å². The molecule has 0 amide bonds. The molecule has 2 N–H and O–H groups in total. The fourth-order valence-electron chi connectivity index (χ4n) is 4.35. The summed E-state index contributed by atoms with van der Waals surface area (Å²) in [7, 11) is 4.04. The van der Waals surface area contributed by atoms with Gasteiger partial charge in [0.05, 0.1) is 17.1 Å². The zero-order valence-corrected chi connectivity index (χ0v) is 18.3. The topological polar surface area (TPSA) is 76.9 Å². The van der Waals surface area contributed by atoms with Crippen LogP contribution in [0.4, 0.5) is 11.8 Å². The summed E-state index contributed by atoms with van der Waals surface area (Å²) >= 11 is 0. The SMILES string of the molecule is CN(C)c1nc(N[C@H]2CC[C@@H](CNCc3ccccc3C#N)CC2)nc2ccccc12. The van der Waals surface area contributed by atoms with E-state index in [-0.39, 0.29) is 0 Å². The van der Waals surface area contributed by atoms with Gasteiger partial charge in [-0.2, -0.15) is 10.2 Å². The van der Waals surface area contributed by atoms with Gasteiger partial charge in [0.2, 0.25) is 5.95 Å². The van der Waals surface area contributed by atoms with E-state index >= 15 is 0 Å². The van der Waals surface area contributed by atoms with Gasteiger partial charge in [0.15, 0.2) is 0 Å². The molecule has 31 heavy (non-hydrogen) atoms. The minimum absolute atomic E-state index is 0.409. The number of nitrogens with one attached hydrogen (secondary N) is 2. The second kappa shape index (κ2) is 9.76. The normalized spacial score (nSPS) is 18.5. The predicted octanol–water partition coefficient (Wildman–Crippen LogP) is 4.33. The first-order valence-electron chi connectivity index (χ1n) is 11.0. The number of hydrogen-bond acceptors (Lipinski definition) is 6. The van der Waals surface area contributed by atoms with Crippen LogP contribution in [0, 0.1) is 17.2 Å². The van der Waals surface area contributed by atoms with Crippen molar-refractivity contribution >= 4 is 22.7 Å². The lowest BCUT2D eigenvalue weighted by atomic mass is 9.86. The molecule has 0 bridgehead atoms. The molecule has 1 heterocycles. The molecule has 0 radical (unpaired) electrons. The van der Waals surface area contributed by atoms with Gasteiger partial charge in [0.25, 0.3) is 0 Å². The average Bonchev–Trinajstić information content (AvgIpc) is 2.80. The van der Waals surface area contributed by atoms with Crippen LogP contribution in [-0.4, -0.2) is 36.6 Å². The van der Waals surface area contributed by atoms with E-state index in [1.165, 1.54) is 12.8 Å². The molecule has 1 aliphatic rings. The molecule has 1 saturated carbocycles. The summed E-state index contributed by atoms with van der Waals surface area (Å²) in [5.74, 6) is 2.34. The Morgan fingerprint density at radius 3 is 2.52 bits per heavy atom. The van der Waals surface area contributed by atoms with Crippen LogP contribution in [0.1, 0.15) is 36.8 Å². The average molecular weight is 415 g/mol. The van der Waals surface area contributed by atoms with Crippen LogP contribution in [0.5, 0.6) is 0 Å². The van der Waals surface area contributed by atoms with Gasteiger partial charge < -0.3 is 15.5 Å². The number of nitrogens with zero attached hydrogens (tertiary/aromatic N) is 4. The molecule has 1 aromatic heterocycles. The smallest absolute Gasteiger partial charge is 0.225 e. The number of aromatic nitrogens is 2. The first-order chi connectivity index (χ1) is 15.1. The number of fused-ring (bicyclic) bond motifs is 1. The Kier molecular flexibility index (Phi) is 6.63. The van der Waals surface area contributed by atoms with Crippen LogP contribution in [0.15, 0.2) is 48.5 Å². The first kappa shape index (κ1) is 21.1. The molecule has 2 aromatic carbocycles. The largest absolute Gasteiger partial charge is 0.362 e. The maximum Gasteiger partial charge on any atom is 0.225 e. The zero-order valence-electron chi connectivity index (χ0n) is 18.3. The second-order valence-electron chi connectivity index (χ2n) is 8.54. The summed E-state index contributed by atoms with van der Waals surface area (Å²) in [5.41, 5.74) is 2.81. The molecule has 4 rings (SSSR count). The van der Waals surface area contributed by atoms with Crippen LogP contribution < -0.4 is 15.5 Å². The number of benzene rings is 2. The molecule has 1 fully saturated rings. The number of anilines is 2. The van der Waals surface area contributed by atoms with Crippen molar-refractivity contribution < 1.29 is 0 Å². The zero-order chi connectivity index (χ0) is 21.6. The van der Waals surface area contributed by atoms with Crippen molar-refractivity contribution in [3.63, 3.8) is 0 Å². The molecular formula is C25H30N6. The Labute approximate surface area is 184 Å². The minimum Gasteiger partial charge on any atom is -0.362 e. The fraction of sp³-hybridized carbons (Fsp3) is 0.400. The number of nitriles is 1. The van der Waals surface area contributed by atoms with Gasteiger partial charge in [-0.25, -0.2) is 4.98 Å². The molecule has 0 unspecified atom stereocenters. The Morgan fingerprint density at radius 2 is 1.74 bits per heavy atom. The quantitative estimate of drug-likeness (QED) is 0.599. The fourth-order valence-corrected chi connectivity index (χ4v) is 4.35. The van der Waals surface area contributed by atoms with E-state index in [9.17, 15) is 5.26 Å². The molecule has 3 aromatic rings. The van der Waals surface area contributed by atoms with Crippen LogP contribution in [0.25, 0.3) is 10.9 Å². The Bertz CT molecular complexity index is 1060. The molecular weight excluding hydrogens is 384 g/mol. The lowest BCUT2D eigenvalue weighted by Crippen LogP contribution is -2.31. The Hall–Kier alpha value is -3.17. The molecule has 0 aliphatic heterocycles. The monoisotopic (exact) mass is 414 g/mol. The van der Waals surface area contributed by atoms with Gasteiger partial charge in [-0.3, -0.25) is 0 Å².